The van der Waals surface area contributed by atoms with Crippen LogP contribution < -0.4 is 20.1 Å². The smallest absolute Gasteiger partial charge is 0.288 e. The Hall–Kier alpha value is -3.37. The Bertz CT molecular complexity index is 1010. The molecule has 0 radical (unpaired) electrons. The largest absolute Gasteiger partial charge is 0.493 e. The molecule has 0 aliphatic carbocycles. The summed E-state index contributed by atoms with van der Waals surface area (Å²) in [5.74, 6) is -0.461. The number of methoxy groups -OCH3 is 2. The van der Waals surface area contributed by atoms with Gasteiger partial charge in [0.15, 0.2) is 11.5 Å². The fraction of sp³-hybridized carbons (Fsp3) is 0.364. The summed E-state index contributed by atoms with van der Waals surface area (Å²) in [5.41, 5.74) is 0.0622. The van der Waals surface area contributed by atoms with E-state index in [-0.39, 0.29) is 16.5 Å². The van der Waals surface area contributed by atoms with Gasteiger partial charge in [-0.05, 0) is 30.2 Å². The van der Waals surface area contributed by atoms with Crippen molar-refractivity contribution in [3.63, 3.8) is 0 Å². The molecule has 2 amide bonds. The zero-order valence-corrected chi connectivity index (χ0v) is 19.5. The Morgan fingerprint density at radius 1 is 1.09 bits per heavy atom. The summed E-state index contributed by atoms with van der Waals surface area (Å²) in [5, 5.41) is 16.4. The van der Waals surface area contributed by atoms with Crippen molar-refractivity contribution in [3.05, 3.63) is 57.1 Å². The summed E-state index contributed by atoms with van der Waals surface area (Å²) in [6, 6.07) is 7.67. The van der Waals surface area contributed by atoms with Crippen LogP contribution in [-0.2, 0) is 9.53 Å². The van der Waals surface area contributed by atoms with Crippen molar-refractivity contribution in [2.24, 2.45) is 5.92 Å². The number of rotatable bonds is 11. The molecule has 2 rings (SSSR count). The van der Waals surface area contributed by atoms with E-state index in [2.05, 4.69) is 10.6 Å². The topological polar surface area (TPSA) is 129 Å². The highest BCUT2D eigenvalue weighted by molar-refractivity contribution is 6.32. The van der Waals surface area contributed by atoms with E-state index >= 15 is 0 Å². The molecule has 0 aromatic heterocycles. The third-order valence-electron chi connectivity index (χ3n) is 4.62. The van der Waals surface area contributed by atoms with Crippen LogP contribution in [0.1, 0.15) is 24.2 Å². The number of carbonyl (C=O) groups is 2. The number of nitrogens with zero attached hydrogens (tertiary/aromatic N) is 1. The van der Waals surface area contributed by atoms with Crippen molar-refractivity contribution in [1.29, 1.82) is 0 Å². The van der Waals surface area contributed by atoms with Gasteiger partial charge in [0.05, 0.1) is 18.6 Å². The van der Waals surface area contributed by atoms with E-state index in [4.69, 9.17) is 25.8 Å². The first-order chi connectivity index (χ1) is 15.7. The van der Waals surface area contributed by atoms with Crippen molar-refractivity contribution in [2.75, 3.05) is 32.8 Å². The van der Waals surface area contributed by atoms with Gasteiger partial charge in [0.1, 0.15) is 17.7 Å². The van der Waals surface area contributed by atoms with Crippen LogP contribution in [0.2, 0.25) is 5.02 Å². The minimum Gasteiger partial charge on any atom is -0.493 e. The van der Waals surface area contributed by atoms with E-state index in [9.17, 15) is 19.7 Å². The molecule has 2 aromatic rings. The molecular formula is C22H26ClN3O7. The molecule has 0 aliphatic rings. The van der Waals surface area contributed by atoms with Crippen LogP contribution in [0, 0.1) is 16.0 Å². The highest BCUT2D eigenvalue weighted by atomic mass is 35.5. The lowest BCUT2D eigenvalue weighted by molar-refractivity contribution is -0.384. The van der Waals surface area contributed by atoms with Gasteiger partial charge in [0.2, 0.25) is 5.91 Å². The van der Waals surface area contributed by atoms with Gasteiger partial charge in [0.25, 0.3) is 11.6 Å². The Balaban J connectivity index is 2.17. The van der Waals surface area contributed by atoms with Gasteiger partial charge in [-0.2, -0.15) is 0 Å². The van der Waals surface area contributed by atoms with Crippen LogP contribution in [0.25, 0.3) is 0 Å². The monoisotopic (exact) mass is 479 g/mol. The van der Waals surface area contributed by atoms with E-state index in [0.29, 0.717) is 30.4 Å². The molecule has 11 heteroatoms. The van der Waals surface area contributed by atoms with E-state index in [0.717, 1.165) is 6.07 Å². The van der Waals surface area contributed by atoms with E-state index in [1.807, 2.05) is 0 Å². The fourth-order valence-corrected chi connectivity index (χ4v) is 3.06. The quantitative estimate of drug-likeness (QED) is 0.285. The molecule has 33 heavy (non-hydrogen) atoms. The van der Waals surface area contributed by atoms with Crippen LogP contribution in [0.3, 0.4) is 0 Å². The lowest BCUT2D eigenvalue weighted by Crippen LogP contribution is -2.47. The molecule has 0 aliphatic heterocycles. The molecule has 0 heterocycles. The Morgan fingerprint density at radius 2 is 1.82 bits per heavy atom. The molecule has 0 bridgehead atoms. The Kier molecular flexibility index (Phi) is 9.43. The number of halogens is 1. The number of nitrogens with one attached hydrogen (secondary N) is 2. The molecule has 178 valence electrons. The number of anilines is 1. The summed E-state index contributed by atoms with van der Waals surface area (Å²) in [6.45, 7) is 4.20. The lowest BCUT2D eigenvalue weighted by atomic mass is 10.0. The highest BCUT2D eigenvalue weighted by Crippen LogP contribution is 2.30. The average molecular weight is 480 g/mol. The lowest BCUT2D eigenvalue weighted by Gasteiger charge is -2.22. The predicted molar refractivity (Wildman–Crippen MR) is 123 cm³/mol. The van der Waals surface area contributed by atoms with Crippen LogP contribution in [0.5, 0.6) is 11.5 Å². The number of benzene rings is 2. The van der Waals surface area contributed by atoms with Crippen molar-refractivity contribution in [2.45, 2.75) is 19.9 Å². The normalized spacial score (nSPS) is 11.6. The zero-order valence-electron chi connectivity index (χ0n) is 18.7. The summed E-state index contributed by atoms with van der Waals surface area (Å²) in [6.07, 6.45) is 0. The van der Waals surface area contributed by atoms with E-state index < -0.39 is 28.5 Å². The summed E-state index contributed by atoms with van der Waals surface area (Å²) >= 11 is 5.80. The van der Waals surface area contributed by atoms with Gasteiger partial charge in [-0.15, -0.1) is 0 Å². The molecule has 2 N–H and O–H groups in total. The van der Waals surface area contributed by atoms with Crippen molar-refractivity contribution >= 4 is 34.8 Å². The fourth-order valence-electron chi connectivity index (χ4n) is 2.88. The second-order valence-corrected chi connectivity index (χ2v) is 7.72. The number of nitro groups is 1. The summed E-state index contributed by atoms with van der Waals surface area (Å²) in [7, 11) is 3.06. The average Bonchev–Trinajstić information content (AvgIpc) is 2.77. The number of nitro benzene ring substituents is 1. The van der Waals surface area contributed by atoms with Crippen LogP contribution in [0.4, 0.5) is 11.4 Å². The second kappa shape index (κ2) is 12.0. The molecule has 2 aromatic carbocycles. The predicted octanol–water partition coefficient (Wildman–Crippen LogP) is 3.68. The summed E-state index contributed by atoms with van der Waals surface area (Å²) in [4.78, 5) is 36.0. The first-order valence-corrected chi connectivity index (χ1v) is 10.4. The molecule has 1 atom stereocenters. The second-order valence-electron chi connectivity index (χ2n) is 7.31. The van der Waals surface area contributed by atoms with Gasteiger partial charge < -0.3 is 24.8 Å². The van der Waals surface area contributed by atoms with Crippen molar-refractivity contribution in [3.8, 4) is 11.5 Å². The molecular weight excluding hydrogens is 454 g/mol. The molecule has 10 nitrogen and oxygen atoms in total. The summed E-state index contributed by atoms with van der Waals surface area (Å²) < 4.78 is 15.9. The minimum atomic E-state index is -0.910. The molecule has 0 fully saturated rings. The molecule has 1 unspecified atom stereocenters. The van der Waals surface area contributed by atoms with E-state index in [1.54, 1.807) is 39.2 Å². The highest BCUT2D eigenvalue weighted by Gasteiger charge is 2.26. The number of hydrogen-bond donors (Lipinski definition) is 2. The molecule has 0 spiro atoms. The third-order valence-corrected chi connectivity index (χ3v) is 4.94. The number of ether oxygens (including phenoxy) is 3. The number of amides is 2. The first kappa shape index (κ1) is 25.9. The van der Waals surface area contributed by atoms with Gasteiger partial charge in [-0.3, -0.25) is 19.7 Å². The van der Waals surface area contributed by atoms with E-state index in [1.165, 1.54) is 19.2 Å². The van der Waals surface area contributed by atoms with Gasteiger partial charge in [-0.25, -0.2) is 0 Å². The SMILES string of the molecule is COCCOc1cc(NC(=O)C(NC(=O)c2ccc(Cl)c([N+](=O)[O-])c2)C(C)C)ccc1OC. The van der Waals surface area contributed by atoms with Gasteiger partial charge in [0, 0.05) is 30.5 Å². The zero-order chi connectivity index (χ0) is 24.5. The standard InChI is InChI=1S/C22H26ClN3O7/c1-13(2)20(25-21(27)14-5-7-16(23)17(11-14)26(29)30)22(28)24-15-6-8-18(32-4)19(12-15)33-10-9-31-3/h5-8,11-13,20H,9-10H2,1-4H3,(H,24,28)(H,25,27). The Labute approximate surface area is 196 Å². The van der Waals surface area contributed by atoms with Crippen LogP contribution in [-0.4, -0.2) is 50.2 Å². The number of carbonyl (C=O) groups excluding carboxylic acids is 2. The third kappa shape index (κ3) is 7.06. The van der Waals surface area contributed by atoms with Gasteiger partial charge >= 0.3 is 0 Å². The maximum absolute atomic E-state index is 12.9. The minimum absolute atomic E-state index is 0.0165. The Morgan fingerprint density at radius 3 is 2.42 bits per heavy atom. The van der Waals surface area contributed by atoms with Crippen molar-refractivity contribution in [1.82, 2.24) is 5.32 Å². The van der Waals surface area contributed by atoms with Gasteiger partial charge in [-0.1, -0.05) is 25.4 Å². The first-order valence-electron chi connectivity index (χ1n) is 10.0. The van der Waals surface area contributed by atoms with Crippen LogP contribution in [0.15, 0.2) is 36.4 Å². The van der Waals surface area contributed by atoms with Crippen LogP contribution >= 0.6 is 11.6 Å². The number of hydrogen-bond acceptors (Lipinski definition) is 7. The van der Waals surface area contributed by atoms with Crippen molar-refractivity contribution < 1.29 is 28.7 Å². The maximum Gasteiger partial charge on any atom is 0.288 e. The molecule has 0 saturated heterocycles. The maximum atomic E-state index is 12.9. The molecule has 0 saturated carbocycles.